The number of hydrogen-bond acceptors (Lipinski definition) is 3. The Labute approximate surface area is 104 Å². The van der Waals surface area contributed by atoms with Crippen molar-refractivity contribution in [1.82, 2.24) is 0 Å². The van der Waals surface area contributed by atoms with Crippen molar-refractivity contribution in [3.05, 3.63) is 18.2 Å². The van der Waals surface area contributed by atoms with Crippen LogP contribution in [0.15, 0.2) is 18.2 Å². The van der Waals surface area contributed by atoms with Crippen LogP contribution < -0.4 is 15.4 Å². The minimum atomic E-state index is 0.825. The van der Waals surface area contributed by atoms with E-state index in [1.54, 1.807) is 7.11 Å². The largest absolute Gasteiger partial charge is 0.497 e. The molecule has 0 amide bonds. The first kappa shape index (κ1) is 12.1. The third-order valence-corrected chi connectivity index (χ3v) is 3.56. The first-order valence-electron chi connectivity index (χ1n) is 6.43. The molecule has 1 saturated heterocycles. The fourth-order valence-electron chi connectivity index (χ4n) is 2.62. The molecule has 0 aromatic heterocycles. The predicted octanol–water partition coefficient (Wildman–Crippen LogP) is 2.90. The van der Waals surface area contributed by atoms with Gasteiger partial charge in [-0.3, -0.25) is 0 Å². The molecule has 0 aliphatic carbocycles. The number of nitrogens with two attached hydrogens (primary N) is 1. The van der Waals surface area contributed by atoms with E-state index in [2.05, 4.69) is 11.8 Å². The van der Waals surface area contributed by atoms with Gasteiger partial charge >= 0.3 is 0 Å². The smallest absolute Gasteiger partial charge is 0.121 e. The van der Waals surface area contributed by atoms with Crippen LogP contribution in [0, 0.1) is 5.92 Å². The number of ether oxygens (including phenoxy) is 1. The van der Waals surface area contributed by atoms with Gasteiger partial charge in [0, 0.05) is 19.2 Å². The van der Waals surface area contributed by atoms with Crippen LogP contribution in [0.1, 0.15) is 26.2 Å². The van der Waals surface area contributed by atoms with Crippen LogP contribution in [-0.2, 0) is 0 Å². The van der Waals surface area contributed by atoms with Crippen LogP contribution in [-0.4, -0.2) is 20.2 Å². The van der Waals surface area contributed by atoms with E-state index in [0.29, 0.717) is 0 Å². The second kappa shape index (κ2) is 5.30. The van der Waals surface area contributed by atoms with Gasteiger partial charge in [-0.2, -0.15) is 0 Å². The topological polar surface area (TPSA) is 38.5 Å². The highest BCUT2D eigenvalue weighted by atomic mass is 16.5. The summed E-state index contributed by atoms with van der Waals surface area (Å²) < 4.78 is 5.26. The van der Waals surface area contributed by atoms with Crippen molar-refractivity contribution in [3.8, 4) is 5.75 Å². The fraction of sp³-hybridized carbons (Fsp3) is 0.571. The first-order valence-corrected chi connectivity index (χ1v) is 6.43. The summed E-state index contributed by atoms with van der Waals surface area (Å²) in [7, 11) is 1.69. The molecule has 1 aliphatic heterocycles. The van der Waals surface area contributed by atoms with Crippen molar-refractivity contribution < 1.29 is 4.74 Å². The second-order valence-corrected chi connectivity index (χ2v) is 4.81. The molecule has 2 N–H and O–H groups in total. The number of nitrogen functional groups attached to an aromatic ring is 1. The highest BCUT2D eigenvalue weighted by Crippen LogP contribution is 2.33. The summed E-state index contributed by atoms with van der Waals surface area (Å²) in [5.41, 5.74) is 8.02. The molecule has 0 saturated carbocycles. The van der Waals surface area contributed by atoms with Gasteiger partial charge in [0.2, 0.25) is 0 Å². The van der Waals surface area contributed by atoms with Crippen molar-refractivity contribution in [2.45, 2.75) is 26.2 Å². The third kappa shape index (κ3) is 2.65. The Kier molecular flexibility index (Phi) is 3.77. The summed E-state index contributed by atoms with van der Waals surface area (Å²) in [6.45, 7) is 4.50. The van der Waals surface area contributed by atoms with E-state index >= 15 is 0 Å². The van der Waals surface area contributed by atoms with Gasteiger partial charge in [-0.15, -0.1) is 0 Å². The lowest BCUT2D eigenvalue weighted by atomic mass is 10.0. The maximum atomic E-state index is 6.05. The van der Waals surface area contributed by atoms with E-state index in [0.717, 1.165) is 36.1 Å². The maximum Gasteiger partial charge on any atom is 0.121 e. The SMILES string of the molecule is CCCC1CCN(c2cc(OC)ccc2N)C1. The zero-order valence-corrected chi connectivity index (χ0v) is 10.8. The Morgan fingerprint density at radius 2 is 2.29 bits per heavy atom. The van der Waals surface area contributed by atoms with Gasteiger partial charge in [-0.25, -0.2) is 0 Å². The lowest BCUT2D eigenvalue weighted by molar-refractivity contribution is 0.415. The van der Waals surface area contributed by atoms with E-state index in [1.807, 2.05) is 18.2 Å². The lowest BCUT2D eigenvalue weighted by Gasteiger charge is -2.21. The molecule has 1 unspecified atom stereocenters. The van der Waals surface area contributed by atoms with Crippen molar-refractivity contribution in [2.75, 3.05) is 30.8 Å². The second-order valence-electron chi connectivity index (χ2n) is 4.81. The van der Waals surface area contributed by atoms with Crippen LogP contribution in [0.3, 0.4) is 0 Å². The Morgan fingerprint density at radius 1 is 1.47 bits per heavy atom. The molecule has 1 fully saturated rings. The van der Waals surface area contributed by atoms with Crippen LogP contribution in [0.4, 0.5) is 11.4 Å². The molecule has 1 atom stereocenters. The minimum Gasteiger partial charge on any atom is -0.497 e. The lowest BCUT2D eigenvalue weighted by Crippen LogP contribution is -2.20. The number of rotatable bonds is 4. The Bertz CT molecular complexity index is 378. The van der Waals surface area contributed by atoms with Crippen LogP contribution in [0.2, 0.25) is 0 Å². The highest BCUT2D eigenvalue weighted by Gasteiger charge is 2.23. The number of anilines is 2. The number of nitrogens with zero attached hydrogens (tertiary/aromatic N) is 1. The number of methoxy groups -OCH3 is 1. The molecule has 0 radical (unpaired) electrons. The van der Waals surface area contributed by atoms with Crippen molar-refractivity contribution in [1.29, 1.82) is 0 Å². The molecule has 3 heteroatoms. The van der Waals surface area contributed by atoms with Crippen molar-refractivity contribution >= 4 is 11.4 Å². The van der Waals surface area contributed by atoms with Crippen molar-refractivity contribution in [3.63, 3.8) is 0 Å². The molecule has 2 rings (SSSR count). The highest BCUT2D eigenvalue weighted by molar-refractivity contribution is 5.70. The normalized spacial score (nSPS) is 19.6. The summed E-state index contributed by atoms with van der Waals surface area (Å²) in [6.07, 6.45) is 3.87. The average molecular weight is 234 g/mol. The zero-order chi connectivity index (χ0) is 12.3. The Balaban J connectivity index is 2.12. The van der Waals surface area contributed by atoms with Crippen LogP contribution >= 0.6 is 0 Å². The summed E-state index contributed by atoms with van der Waals surface area (Å²) in [6, 6.07) is 5.89. The van der Waals surface area contributed by atoms with E-state index in [1.165, 1.54) is 19.3 Å². The standard InChI is InChI=1S/C14H22N2O/c1-3-4-11-7-8-16(10-11)14-9-12(17-2)5-6-13(14)15/h5-6,9,11H,3-4,7-8,10,15H2,1-2H3. The minimum absolute atomic E-state index is 0.825. The molecule has 17 heavy (non-hydrogen) atoms. The number of benzene rings is 1. The summed E-state index contributed by atoms with van der Waals surface area (Å²) in [5.74, 6) is 1.71. The van der Waals surface area contributed by atoms with Gasteiger partial charge in [0.15, 0.2) is 0 Å². The predicted molar refractivity (Wildman–Crippen MR) is 72.6 cm³/mol. The average Bonchev–Trinajstić information content (AvgIpc) is 2.79. The quantitative estimate of drug-likeness (QED) is 0.814. The van der Waals surface area contributed by atoms with Gasteiger partial charge in [-0.05, 0) is 30.9 Å². The summed E-state index contributed by atoms with van der Waals surface area (Å²) >= 11 is 0. The van der Waals surface area contributed by atoms with E-state index in [4.69, 9.17) is 10.5 Å². The van der Waals surface area contributed by atoms with E-state index < -0.39 is 0 Å². The van der Waals surface area contributed by atoms with Gasteiger partial charge in [-0.1, -0.05) is 13.3 Å². The van der Waals surface area contributed by atoms with E-state index in [-0.39, 0.29) is 0 Å². The van der Waals surface area contributed by atoms with Crippen LogP contribution in [0.25, 0.3) is 0 Å². The zero-order valence-electron chi connectivity index (χ0n) is 10.8. The van der Waals surface area contributed by atoms with E-state index in [9.17, 15) is 0 Å². The monoisotopic (exact) mass is 234 g/mol. The Morgan fingerprint density at radius 3 is 3.00 bits per heavy atom. The summed E-state index contributed by atoms with van der Waals surface area (Å²) in [5, 5.41) is 0. The molecular weight excluding hydrogens is 212 g/mol. The van der Waals surface area contributed by atoms with Gasteiger partial charge in [0.1, 0.15) is 5.75 Å². The van der Waals surface area contributed by atoms with Gasteiger partial charge in [0.05, 0.1) is 18.5 Å². The number of hydrogen-bond donors (Lipinski definition) is 1. The fourth-order valence-corrected chi connectivity index (χ4v) is 2.62. The van der Waals surface area contributed by atoms with Crippen molar-refractivity contribution in [2.24, 2.45) is 5.92 Å². The molecule has 0 spiro atoms. The first-order chi connectivity index (χ1) is 8.24. The Hall–Kier alpha value is -1.38. The van der Waals surface area contributed by atoms with Crippen LogP contribution in [0.5, 0.6) is 5.75 Å². The molecule has 1 aromatic rings. The summed E-state index contributed by atoms with van der Waals surface area (Å²) in [4.78, 5) is 2.39. The van der Waals surface area contributed by atoms with Gasteiger partial charge < -0.3 is 15.4 Å². The molecule has 3 nitrogen and oxygen atoms in total. The molecule has 1 aromatic carbocycles. The third-order valence-electron chi connectivity index (χ3n) is 3.56. The molecule has 1 heterocycles. The molecular formula is C14H22N2O. The maximum absolute atomic E-state index is 6.05. The molecule has 1 aliphatic rings. The molecule has 94 valence electrons. The molecule has 0 bridgehead atoms. The van der Waals surface area contributed by atoms with Gasteiger partial charge in [0.25, 0.3) is 0 Å².